The first-order chi connectivity index (χ1) is 16.3. The van der Waals surface area contributed by atoms with Crippen molar-refractivity contribution in [3.63, 3.8) is 0 Å². The van der Waals surface area contributed by atoms with Crippen LogP contribution in [0.5, 0.6) is 11.5 Å². The Labute approximate surface area is 199 Å². The molecule has 1 amide bonds. The van der Waals surface area contributed by atoms with E-state index in [2.05, 4.69) is 0 Å². The summed E-state index contributed by atoms with van der Waals surface area (Å²) in [5.41, 5.74) is 0.835. The van der Waals surface area contributed by atoms with Crippen molar-refractivity contribution in [2.75, 3.05) is 40.4 Å². The zero-order valence-electron chi connectivity index (χ0n) is 20.0. The van der Waals surface area contributed by atoms with Crippen molar-refractivity contribution in [3.05, 3.63) is 65.0 Å². The van der Waals surface area contributed by atoms with Gasteiger partial charge in [-0.3, -0.25) is 9.59 Å². The summed E-state index contributed by atoms with van der Waals surface area (Å²) in [6, 6.07) is 9.57. The molecule has 2 aromatic carbocycles. The summed E-state index contributed by atoms with van der Waals surface area (Å²) in [6.07, 6.45) is 0.641. The van der Waals surface area contributed by atoms with E-state index in [0.717, 1.165) is 6.54 Å². The minimum absolute atomic E-state index is 0.0342. The number of aliphatic hydroxyl groups excluding tert-OH is 1. The summed E-state index contributed by atoms with van der Waals surface area (Å²) in [7, 11) is 3.86. The van der Waals surface area contributed by atoms with E-state index < -0.39 is 23.5 Å². The summed E-state index contributed by atoms with van der Waals surface area (Å²) in [4.78, 5) is 29.6. The van der Waals surface area contributed by atoms with Crippen LogP contribution in [-0.4, -0.2) is 67.0 Å². The van der Waals surface area contributed by atoms with E-state index in [4.69, 9.17) is 9.47 Å². The monoisotopic (exact) mass is 470 g/mol. The number of ether oxygens (including phenoxy) is 2. The number of hydrogen-bond donors (Lipinski definition) is 1. The number of likely N-dealkylation sites (tertiary alicyclic amines) is 1. The predicted octanol–water partition coefficient (Wildman–Crippen LogP) is 4.00. The fourth-order valence-corrected chi connectivity index (χ4v) is 4.02. The third-order valence-electron chi connectivity index (χ3n) is 5.55. The van der Waals surface area contributed by atoms with Crippen LogP contribution in [0.25, 0.3) is 5.76 Å². The molecule has 1 fully saturated rings. The number of nitrogens with zero attached hydrogens (tertiary/aromatic N) is 2. The largest absolute Gasteiger partial charge is 0.507 e. The number of Topliss-reactive ketones (excluding diaryl/α,β-unsaturated/α-hetero) is 1. The Kier molecular flexibility index (Phi) is 8.28. The van der Waals surface area contributed by atoms with E-state index in [0.29, 0.717) is 43.2 Å². The molecule has 7 nitrogen and oxygen atoms in total. The number of benzene rings is 2. The number of hydrogen-bond acceptors (Lipinski definition) is 6. The maximum absolute atomic E-state index is 13.4. The third kappa shape index (κ3) is 5.39. The van der Waals surface area contributed by atoms with Gasteiger partial charge in [0, 0.05) is 12.1 Å². The molecule has 1 N–H and O–H groups in total. The number of amides is 1. The van der Waals surface area contributed by atoms with Gasteiger partial charge in [-0.15, -0.1) is 0 Å². The van der Waals surface area contributed by atoms with Gasteiger partial charge in [-0.1, -0.05) is 6.07 Å². The molecule has 34 heavy (non-hydrogen) atoms. The minimum Gasteiger partial charge on any atom is -0.507 e. The topological polar surface area (TPSA) is 79.3 Å². The molecule has 182 valence electrons. The lowest BCUT2D eigenvalue weighted by molar-refractivity contribution is -0.139. The molecular weight excluding hydrogens is 439 g/mol. The summed E-state index contributed by atoms with van der Waals surface area (Å²) >= 11 is 0. The third-order valence-corrected chi connectivity index (χ3v) is 5.55. The second kappa shape index (κ2) is 11.2. The van der Waals surface area contributed by atoms with Crippen molar-refractivity contribution in [3.8, 4) is 11.5 Å². The fourth-order valence-electron chi connectivity index (χ4n) is 4.02. The van der Waals surface area contributed by atoms with E-state index >= 15 is 0 Å². The van der Waals surface area contributed by atoms with Gasteiger partial charge in [-0.25, -0.2) is 4.39 Å². The maximum Gasteiger partial charge on any atom is 0.295 e. The molecule has 1 atom stereocenters. The van der Waals surface area contributed by atoms with Crippen molar-refractivity contribution in [1.82, 2.24) is 9.80 Å². The predicted molar refractivity (Wildman–Crippen MR) is 127 cm³/mol. The van der Waals surface area contributed by atoms with Gasteiger partial charge < -0.3 is 24.4 Å². The number of aliphatic hydroxyl groups is 1. The van der Waals surface area contributed by atoms with Crippen LogP contribution in [-0.2, 0) is 9.59 Å². The van der Waals surface area contributed by atoms with Gasteiger partial charge >= 0.3 is 0 Å². The van der Waals surface area contributed by atoms with Crippen molar-refractivity contribution < 1.29 is 28.6 Å². The maximum atomic E-state index is 13.4. The van der Waals surface area contributed by atoms with Crippen LogP contribution in [0.2, 0.25) is 0 Å². The normalized spacial score (nSPS) is 17.5. The van der Waals surface area contributed by atoms with Gasteiger partial charge in [0.05, 0.1) is 24.8 Å². The molecule has 1 aliphatic rings. The van der Waals surface area contributed by atoms with Gasteiger partial charge in [0.1, 0.15) is 11.6 Å². The quantitative estimate of drug-likeness (QED) is 0.321. The molecule has 0 aliphatic carbocycles. The van der Waals surface area contributed by atoms with Crippen LogP contribution in [0.3, 0.4) is 0 Å². The van der Waals surface area contributed by atoms with E-state index in [9.17, 15) is 19.1 Å². The van der Waals surface area contributed by atoms with Gasteiger partial charge in [0.25, 0.3) is 11.7 Å². The lowest BCUT2D eigenvalue weighted by atomic mass is 9.95. The fraction of sp³-hybridized carbons (Fsp3) is 0.385. The van der Waals surface area contributed by atoms with E-state index in [1.54, 1.807) is 18.2 Å². The molecule has 0 aromatic heterocycles. The molecule has 0 saturated carbocycles. The minimum atomic E-state index is -0.818. The highest BCUT2D eigenvalue weighted by Crippen LogP contribution is 2.42. The molecule has 1 saturated heterocycles. The Morgan fingerprint density at radius 3 is 2.29 bits per heavy atom. The van der Waals surface area contributed by atoms with E-state index in [1.807, 2.05) is 32.8 Å². The van der Waals surface area contributed by atoms with Gasteiger partial charge in [0.2, 0.25) is 0 Å². The van der Waals surface area contributed by atoms with Gasteiger partial charge in [-0.05, 0) is 82.9 Å². The highest BCUT2D eigenvalue weighted by molar-refractivity contribution is 6.46. The molecule has 2 aromatic rings. The molecule has 0 unspecified atom stereocenters. The van der Waals surface area contributed by atoms with Crippen molar-refractivity contribution in [2.24, 2.45) is 0 Å². The van der Waals surface area contributed by atoms with Crippen molar-refractivity contribution in [1.29, 1.82) is 0 Å². The number of carbonyl (C=O) groups excluding carboxylic acids is 2. The Hall–Kier alpha value is -3.39. The summed E-state index contributed by atoms with van der Waals surface area (Å²) < 4.78 is 24.8. The van der Waals surface area contributed by atoms with Gasteiger partial charge in [-0.2, -0.15) is 0 Å². The average molecular weight is 471 g/mol. The number of carbonyl (C=O) groups is 2. The van der Waals surface area contributed by atoms with Crippen LogP contribution in [0.1, 0.15) is 37.4 Å². The van der Waals surface area contributed by atoms with Crippen molar-refractivity contribution in [2.45, 2.75) is 26.3 Å². The van der Waals surface area contributed by atoms with Crippen LogP contribution in [0.15, 0.2) is 48.0 Å². The van der Waals surface area contributed by atoms with Crippen LogP contribution >= 0.6 is 0 Å². The van der Waals surface area contributed by atoms with Crippen LogP contribution in [0, 0.1) is 5.82 Å². The lowest BCUT2D eigenvalue weighted by Gasteiger charge is -2.26. The second-order valence-corrected chi connectivity index (χ2v) is 8.23. The standard InChI is InChI=1S/C26H31FN2O5/c1-5-33-20-13-10-18(16-21(20)34-6-2)23-22(24(30)17-8-11-19(27)12-9-17)25(31)26(32)29(23)15-7-14-28(3)4/h8-13,16,23,30H,5-7,14-15H2,1-4H3/b24-22+/t23-/m0/s1. The zero-order chi connectivity index (χ0) is 24.8. The second-order valence-electron chi connectivity index (χ2n) is 8.23. The van der Waals surface area contributed by atoms with E-state index in [-0.39, 0.29) is 16.9 Å². The summed E-state index contributed by atoms with van der Waals surface area (Å²) in [5.74, 6) is -1.23. The van der Waals surface area contributed by atoms with Crippen LogP contribution < -0.4 is 9.47 Å². The SMILES string of the molecule is CCOc1ccc([C@H]2/C(=C(\O)c3ccc(F)cc3)C(=O)C(=O)N2CCCN(C)C)cc1OCC. The molecule has 1 aliphatic heterocycles. The molecule has 3 rings (SSSR count). The Balaban J connectivity index is 2.13. The molecule has 0 spiro atoms. The highest BCUT2D eigenvalue weighted by Gasteiger charge is 2.46. The molecule has 1 heterocycles. The summed E-state index contributed by atoms with van der Waals surface area (Å²) in [6.45, 7) is 5.62. The average Bonchev–Trinajstić information content (AvgIpc) is 3.05. The Morgan fingerprint density at radius 2 is 1.68 bits per heavy atom. The van der Waals surface area contributed by atoms with E-state index in [1.165, 1.54) is 29.2 Å². The van der Waals surface area contributed by atoms with Gasteiger partial charge in [0.15, 0.2) is 11.5 Å². The Morgan fingerprint density at radius 1 is 1.03 bits per heavy atom. The summed E-state index contributed by atoms with van der Waals surface area (Å²) in [5, 5.41) is 11.1. The first-order valence-corrected chi connectivity index (χ1v) is 11.4. The number of halogens is 1. The molecule has 0 bridgehead atoms. The number of ketones is 1. The smallest absolute Gasteiger partial charge is 0.295 e. The lowest BCUT2D eigenvalue weighted by Crippen LogP contribution is -2.32. The Bertz CT molecular complexity index is 1070. The molecular formula is C26H31FN2O5. The van der Waals surface area contributed by atoms with Crippen molar-refractivity contribution >= 4 is 17.4 Å². The molecule has 8 heteroatoms. The highest BCUT2D eigenvalue weighted by atomic mass is 19.1. The first kappa shape index (κ1) is 25.2. The van der Waals surface area contributed by atoms with Crippen LogP contribution in [0.4, 0.5) is 4.39 Å². The molecule has 0 radical (unpaired) electrons. The first-order valence-electron chi connectivity index (χ1n) is 11.4. The number of rotatable bonds is 10. The zero-order valence-corrected chi connectivity index (χ0v) is 20.0.